The van der Waals surface area contributed by atoms with Gasteiger partial charge in [0.05, 0.1) is 12.1 Å². The quantitative estimate of drug-likeness (QED) is 0.550. The molecule has 1 heterocycles. The maximum absolute atomic E-state index is 13.6. The summed E-state index contributed by atoms with van der Waals surface area (Å²) in [5.41, 5.74) is 1.69. The SMILES string of the molecule is CCc1ccccc1NC(=O)CN1CCN(C(=O)CCCNC(=O)c2ccc(F)cc2F)CC1. The lowest BCUT2D eigenvalue weighted by atomic mass is 10.1. The van der Waals surface area contributed by atoms with E-state index < -0.39 is 17.5 Å². The van der Waals surface area contributed by atoms with Crippen LogP contribution in [0.5, 0.6) is 0 Å². The molecule has 9 heteroatoms. The number of nitrogens with zero attached hydrogens (tertiary/aromatic N) is 2. The van der Waals surface area contributed by atoms with Gasteiger partial charge in [-0.15, -0.1) is 0 Å². The van der Waals surface area contributed by atoms with E-state index in [1.54, 1.807) is 4.90 Å². The van der Waals surface area contributed by atoms with E-state index in [9.17, 15) is 23.2 Å². The average Bonchev–Trinajstić information content (AvgIpc) is 2.82. The van der Waals surface area contributed by atoms with Crippen molar-refractivity contribution in [2.24, 2.45) is 0 Å². The first kappa shape index (κ1) is 25.3. The lowest BCUT2D eigenvalue weighted by Gasteiger charge is -2.34. The van der Waals surface area contributed by atoms with Crippen molar-refractivity contribution in [2.45, 2.75) is 26.2 Å². The second-order valence-corrected chi connectivity index (χ2v) is 8.20. The van der Waals surface area contributed by atoms with Crippen molar-refractivity contribution in [1.82, 2.24) is 15.1 Å². The number of rotatable bonds is 9. The van der Waals surface area contributed by atoms with E-state index in [1.807, 2.05) is 36.1 Å². The van der Waals surface area contributed by atoms with Crippen LogP contribution < -0.4 is 10.6 Å². The Balaban J connectivity index is 1.34. The molecule has 0 saturated carbocycles. The van der Waals surface area contributed by atoms with Gasteiger partial charge in [0.1, 0.15) is 11.6 Å². The van der Waals surface area contributed by atoms with Crippen LogP contribution in [0.2, 0.25) is 0 Å². The summed E-state index contributed by atoms with van der Waals surface area (Å²) in [4.78, 5) is 40.6. The highest BCUT2D eigenvalue weighted by Crippen LogP contribution is 2.15. The van der Waals surface area contributed by atoms with Gasteiger partial charge in [0.2, 0.25) is 11.8 Å². The first-order valence-electron chi connectivity index (χ1n) is 11.5. The summed E-state index contributed by atoms with van der Waals surface area (Å²) in [6, 6.07) is 10.5. The first-order valence-corrected chi connectivity index (χ1v) is 11.5. The number of piperazine rings is 1. The molecule has 2 aromatic rings. The molecule has 1 fully saturated rings. The van der Waals surface area contributed by atoms with Crippen LogP contribution in [0.1, 0.15) is 35.7 Å². The number of aryl methyl sites for hydroxylation is 1. The number of carbonyl (C=O) groups excluding carboxylic acids is 3. The fourth-order valence-electron chi connectivity index (χ4n) is 3.87. The number of hydrogen-bond acceptors (Lipinski definition) is 4. The molecule has 2 N–H and O–H groups in total. The molecule has 34 heavy (non-hydrogen) atoms. The smallest absolute Gasteiger partial charge is 0.254 e. The zero-order valence-corrected chi connectivity index (χ0v) is 19.3. The van der Waals surface area contributed by atoms with Crippen molar-refractivity contribution < 1.29 is 23.2 Å². The van der Waals surface area contributed by atoms with Crippen molar-refractivity contribution in [2.75, 3.05) is 44.6 Å². The Labute approximate surface area is 198 Å². The maximum atomic E-state index is 13.6. The number of halogens is 2. The molecule has 3 amide bonds. The van der Waals surface area contributed by atoms with Crippen molar-refractivity contribution in [3.8, 4) is 0 Å². The monoisotopic (exact) mass is 472 g/mol. The Morgan fingerprint density at radius 3 is 2.44 bits per heavy atom. The van der Waals surface area contributed by atoms with Crippen molar-refractivity contribution in [3.63, 3.8) is 0 Å². The molecule has 0 bridgehead atoms. The first-order chi connectivity index (χ1) is 16.4. The molecule has 1 aliphatic heterocycles. The molecule has 0 radical (unpaired) electrons. The zero-order valence-electron chi connectivity index (χ0n) is 19.3. The van der Waals surface area contributed by atoms with Crippen LogP contribution in [0.15, 0.2) is 42.5 Å². The molecular weight excluding hydrogens is 442 g/mol. The molecule has 2 aromatic carbocycles. The molecule has 0 aliphatic carbocycles. The van der Waals surface area contributed by atoms with E-state index in [4.69, 9.17) is 0 Å². The van der Waals surface area contributed by atoms with E-state index in [1.165, 1.54) is 0 Å². The second-order valence-electron chi connectivity index (χ2n) is 8.20. The van der Waals surface area contributed by atoms with E-state index in [0.717, 1.165) is 29.8 Å². The maximum Gasteiger partial charge on any atom is 0.254 e. The number of amides is 3. The van der Waals surface area contributed by atoms with Gasteiger partial charge in [-0.1, -0.05) is 25.1 Å². The fraction of sp³-hybridized carbons (Fsp3) is 0.400. The van der Waals surface area contributed by atoms with Crippen LogP contribution in [-0.2, 0) is 16.0 Å². The summed E-state index contributed by atoms with van der Waals surface area (Å²) < 4.78 is 26.6. The van der Waals surface area contributed by atoms with Crippen molar-refractivity contribution in [3.05, 3.63) is 65.2 Å². The Morgan fingerprint density at radius 2 is 1.74 bits per heavy atom. The summed E-state index contributed by atoms with van der Waals surface area (Å²) in [5, 5.41) is 5.52. The molecule has 7 nitrogen and oxygen atoms in total. The van der Waals surface area contributed by atoms with Gasteiger partial charge in [0, 0.05) is 50.9 Å². The van der Waals surface area contributed by atoms with Gasteiger partial charge in [-0.2, -0.15) is 0 Å². The number of benzene rings is 2. The minimum atomic E-state index is -0.922. The van der Waals surface area contributed by atoms with Crippen LogP contribution in [0.25, 0.3) is 0 Å². The van der Waals surface area contributed by atoms with Crippen LogP contribution in [0.4, 0.5) is 14.5 Å². The van der Waals surface area contributed by atoms with Gasteiger partial charge >= 0.3 is 0 Å². The van der Waals surface area contributed by atoms with Gasteiger partial charge in [-0.3, -0.25) is 19.3 Å². The molecule has 0 unspecified atom stereocenters. The molecule has 0 spiro atoms. The number of anilines is 1. The predicted molar refractivity (Wildman–Crippen MR) is 125 cm³/mol. The fourth-order valence-corrected chi connectivity index (χ4v) is 3.87. The van der Waals surface area contributed by atoms with E-state index in [0.29, 0.717) is 38.7 Å². The summed E-state index contributed by atoms with van der Waals surface area (Å²) in [5.74, 6) is -2.41. The summed E-state index contributed by atoms with van der Waals surface area (Å²) in [6.07, 6.45) is 1.50. The molecule has 182 valence electrons. The minimum Gasteiger partial charge on any atom is -0.352 e. The van der Waals surface area contributed by atoms with Crippen molar-refractivity contribution in [1.29, 1.82) is 0 Å². The number of carbonyl (C=O) groups is 3. The van der Waals surface area contributed by atoms with Crippen LogP contribution in [0, 0.1) is 11.6 Å². The van der Waals surface area contributed by atoms with E-state index in [-0.39, 0.29) is 36.9 Å². The molecule has 1 aliphatic rings. The standard InChI is InChI=1S/C25H30F2N4O3/c1-2-18-6-3-4-7-22(18)29-23(32)17-30-12-14-31(15-13-30)24(33)8-5-11-28-25(34)20-10-9-19(26)16-21(20)27/h3-4,6-7,9-10,16H,2,5,8,11-15,17H2,1H3,(H,28,34)(H,29,32). The Morgan fingerprint density at radius 1 is 1.00 bits per heavy atom. The van der Waals surface area contributed by atoms with Gasteiger partial charge in [-0.25, -0.2) is 8.78 Å². The average molecular weight is 473 g/mol. The van der Waals surface area contributed by atoms with Crippen LogP contribution >= 0.6 is 0 Å². The van der Waals surface area contributed by atoms with Crippen molar-refractivity contribution >= 4 is 23.4 Å². The highest BCUT2D eigenvalue weighted by Gasteiger charge is 2.22. The highest BCUT2D eigenvalue weighted by molar-refractivity contribution is 5.94. The Bertz CT molecular complexity index is 1020. The third-order valence-electron chi connectivity index (χ3n) is 5.79. The number of para-hydroxylation sites is 1. The molecule has 1 saturated heterocycles. The summed E-state index contributed by atoms with van der Waals surface area (Å²) >= 11 is 0. The highest BCUT2D eigenvalue weighted by atomic mass is 19.1. The topological polar surface area (TPSA) is 81.8 Å². The van der Waals surface area contributed by atoms with Crippen LogP contribution in [0.3, 0.4) is 0 Å². The summed E-state index contributed by atoms with van der Waals surface area (Å²) in [6.45, 7) is 4.80. The number of hydrogen-bond donors (Lipinski definition) is 2. The Hall–Kier alpha value is -3.33. The second kappa shape index (κ2) is 12.2. The normalized spacial score (nSPS) is 14.0. The van der Waals surface area contributed by atoms with Gasteiger partial charge < -0.3 is 15.5 Å². The van der Waals surface area contributed by atoms with E-state index in [2.05, 4.69) is 10.6 Å². The Kier molecular flexibility index (Phi) is 9.09. The van der Waals surface area contributed by atoms with E-state index >= 15 is 0 Å². The predicted octanol–water partition coefficient (Wildman–Crippen LogP) is 2.82. The molecule has 3 rings (SSSR count). The molecule has 0 atom stereocenters. The van der Waals surface area contributed by atoms with Crippen LogP contribution in [-0.4, -0.2) is 66.8 Å². The third kappa shape index (κ3) is 7.08. The number of nitrogens with one attached hydrogen (secondary N) is 2. The zero-order chi connectivity index (χ0) is 24.5. The molecular formula is C25H30F2N4O3. The lowest BCUT2D eigenvalue weighted by Crippen LogP contribution is -2.50. The lowest BCUT2D eigenvalue weighted by molar-refractivity contribution is -0.133. The minimum absolute atomic E-state index is 0.0248. The summed E-state index contributed by atoms with van der Waals surface area (Å²) in [7, 11) is 0. The van der Waals surface area contributed by atoms with Gasteiger partial charge in [0.25, 0.3) is 5.91 Å². The third-order valence-corrected chi connectivity index (χ3v) is 5.79. The van der Waals surface area contributed by atoms with Gasteiger partial charge in [0.15, 0.2) is 0 Å². The van der Waals surface area contributed by atoms with Gasteiger partial charge in [-0.05, 0) is 36.6 Å². The molecule has 0 aromatic heterocycles. The largest absolute Gasteiger partial charge is 0.352 e.